The van der Waals surface area contributed by atoms with E-state index >= 15 is 0 Å². The minimum absolute atomic E-state index is 0.103. The van der Waals surface area contributed by atoms with Crippen molar-refractivity contribution in [1.29, 1.82) is 0 Å². The van der Waals surface area contributed by atoms with Crippen molar-refractivity contribution in [2.45, 2.75) is 25.1 Å². The van der Waals surface area contributed by atoms with Crippen molar-refractivity contribution >= 4 is 17.7 Å². The Hall–Kier alpha value is -1.74. The first-order valence-corrected chi connectivity index (χ1v) is 4.57. The summed E-state index contributed by atoms with van der Waals surface area (Å²) in [5.41, 5.74) is 0. The molecule has 0 aromatic carbocycles. The quantitative estimate of drug-likeness (QED) is 0.543. The Morgan fingerprint density at radius 2 is 1.78 bits per heavy atom. The Labute approximate surface area is 96.9 Å². The Balaban J connectivity index is 3.03. The molecule has 1 unspecified atom stereocenters. The predicted molar refractivity (Wildman–Crippen MR) is 45.3 cm³/mol. The molecular weight excluding hydrogens is 267 g/mol. The molecule has 0 aromatic rings. The van der Waals surface area contributed by atoms with Crippen LogP contribution < -0.4 is 5.32 Å². The highest BCUT2D eigenvalue weighted by Gasteiger charge is 2.65. The largest absolute Gasteiger partial charge is 0.463 e. The van der Waals surface area contributed by atoms with Crippen LogP contribution in [0.25, 0.3) is 0 Å². The van der Waals surface area contributed by atoms with Gasteiger partial charge in [0.05, 0.1) is 0 Å². The maximum atomic E-state index is 12.8. The zero-order chi connectivity index (χ0) is 14.3. The van der Waals surface area contributed by atoms with E-state index in [0.29, 0.717) is 0 Å². The highest BCUT2D eigenvalue weighted by molar-refractivity contribution is 6.05. The number of alkyl halides is 5. The molecule has 1 rings (SSSR count). The normalized spacial score (nSPS) is 21.9. The molecule has 1 fully saturated rings. The van der Waals surface area contributed by atoms with Gasteiger partial charge in [0.1, 0.15) is 12.6 Å². The second kappa shape index (κ2) is 4.18. The van der Waals surface area contributed by atoms with E-state index in [4.69, 9.17) is 0 Å². The maximum absolute atomic E-state index is 12.8. The van der Waals surface area contributed by atoms with Crippen LogP contribution in [0.3, 0.4) is 0 Å². The van der Waals surface area contributed by atoms with E-state index < -0.39 is 42.4 Å². The molecule has 0 aromatic heterocycles. The van der Waals surface area contributed by atoms with E-state index in [1.807, 2.05) is 0 Å². The predicted octanol–water partition coefficient (Wildman–Crippen LogP) is 0.0575. The van der Waals surface area contributed by atoms with Crippen LogP contribution in [-0.2, 0) is 14.4 Å². The highest BCUT2D eigenvalue weighted by atomic mass is 19.4. The molecule has 0 aliphatic carbocycles. The summed E-state index contributed by atoms with van der Waals surface area (Å²) in [4.78, 5) is 32.9. The second-order valence-electron chi connectivity index (χ2n) is 3.59. The summed E-state index contributed by atoms with van der Waals surface area (Å²) in [6.45, 7) is -0.0937. The monoisotopic (exact) mass is 274 g/mol. The fourth-order valence-corrected chi connectivity index (χ4v) is 1.26. The van der Waals surface area contributed by atoms with Crippen LogP contribution in [0.1, 0.15) is 6.92 Å². The third-order valence-corrected chi connectivity index (χ3v) is 2.31. The molecular formula is C8H7F5N2O3. The number of imide groups is 1. The first kappa shape index (κ1) is 14.3. The molecule has 1 aliphatic rings. The zero-order valence-electron chi connectivity index (χ0n) is 8.85. The molecule has 0 saturated carbocycles. The molecule has 1 heterocycles. The molecule has 0 bridgehead atoms. The molecule has 1 aliphatic heterocycles. The summed E-state index contributed by atoms with van der Waals surface area (Å²) in [7, 11) is 0. The smallest absolute Gasteiger partial charge is 0.316 e. The molecule has 18 heavy (non-hydrogen) atoms. The Bertz CT molecular complexity index is 406. The number of amides is 3. The molecule has 1 N–H and O–H groups in total. The van der Waals surface area contributed by atoms with E-state index in [-0.39, 0.29) is 4.90 Å². The number of piperazine rings is 1. The van der Waals surface area contributed by atoms with Gasteiger partial charge in [-0.25, -0.2) is 0 Å². The first-order valence-electron chi connectivity index (χ1n) is 4.57. The van der Waals surface area contributed by atoms with Gasteiger partial charge in [-0.05, 0) is 6.92 Å². The van der Waals surface area contributed by atoms with Crippen LogP contribution in [0.4, 0.5) is 22.0 Å². The van der Waals surface area contributed by atoms with Crippen molar-refractivity contribution in [3.63, 3.8) is 0 Å². The van der Waals surface area contributed by atoms with Crippen LogP contribution in [0.2, 0.25) is 0 Å². The van der Waals surface area contributed by atoms with Crippen molar-refractivity contribution in [2.24, 2.45) is 0 Å². The van der Waals surface area contributed by atoms with Gasteiger partial charge in [0.2, 0.25) is 11.8 Å². The van der Waals surface area contributed by atoms with Gasteiger partial charge in [0.15, 0.2) is 0 Å². The third kappa shape index (κ3) is 2.27. The zero-order valence-corrected chi connectivity index (χ0v) is 8.85. The fourth-order valence-electron chi connectivity index (χ4n) is 1.26. The summed E-state index contributed by atoms with van der Waals surface area (Å²) in [5, 5.41) is 1.71. The lowest BCUT2D eigenvalue weighted by molar-refractivity contribution is -0.275. The molecule has 10 heteroatoms. The van der Waals surface area contributed by atoms with Crippen molar-refractivity contribution < 1.29 is 36.3 Å². The van der Waals surface area contributed by atoms with Crippen molar-refractivity contribution in [3.8, 4) is 0 Å². The van der Waals surface area contributed by atoms with E-state index in [2.05, 4.69) is 0 Å². The average Bonchev–Trinajstić information content (AvgIpc) is 2.20. The van der Waals surface area contributed by atoms with E-state index in [1.165, 1.54) is 0 Å². The second-order valence-corrected chi connectivity index (χ2v) is 3.59. The number of carbonyl (C=O) groups is 3. The summed E-state index contributed by atoms with van der Waals surface area (Å²) in [6, 6.07) is -1.58. The van der Waals surface area contributed by atoms with Crippen LogP contribution in [-0.4, -0.2) is 47.3 Å². The molecule has 102 valence electrons. The number of nitrogens with zero attached hydrogens (tertiary/aromatic N) is 1. The van der Waals surface area contributed by atoms with Crippen molar-refractivity contribution in [3.05, 3.63) is 0 Å². The van der Waals surface area contributed by atoms with Gasteiger partial charge >= 0.3 is 18.0 Å². The average molecular weight is 274 g/mol. The molecule has 1 saturated heterocycles. The number of halogens is 5. The minimum atomic E-state index is -6.08. The van der Waals surface area contributed by atoms with Gasteiger partial charge in [-0.3, -0.25) is 19.7 Å². The number of hydrogen-bond donors (Lipinski definition) is 1. The first-order chi connectivity index (χ1) is 7.98. The molecule has 3 amide bonds. The lowest BCUT2D eigenvalue weighted by atomic mass is 10.1. The molecule has 0 spiro atoms. The fraction of sp³-hybridized carbons (Fsp3) is 0.625. The molecule has 0 radical (unpaired) electrons. The Kier molecular flexibility index (Phi) is 3.32. The number of carbonyl (C=O) groups excluding carboxylic acids is 3. The van der Waals surface area contributed by atoms with Gasteiger partial charge in [-0.15, -0.1) is 0 Å². The number of rotatable bonds is 1. The number of nitrogens with one attached hydrogen (secondary N) is 1. The Morgan fingerprint density at radius 1 is 1.28 bits per heavy atom. The summed E-state index contributed by atoms with van der Waals surface area (Å²) >= 11 is 0. The summed E-state index contributed by atoms with van der Waals surface area (Å²) in [6.07, 6.45) is -6.08. The van der Waals surface area contributed by atoms with Gasteiger partial charge in [-0.1, -0.05) is 0 Å². The number of hydrogen-bond acceptors (Lipinski definition) is 3. The lowest BCUT2D eigenvalue weighted by Crippen LogP contribution is -2.63. The standard InChI is InChI=1S/C8H7F5N2O3/c1-3-5(17)14-4(16)2-15(3)6(18)7(9,10)8(11,12)13/h3H,2H2,1H3,(H,14,16,17). The maximum Gasteiger partial charge on any atom is 0.463 e. The van der Waals surface area contributed by atoms with Crippen LogP contribution >= 0.6 is 0 Å². The van der Waals surface area contributed by atoms with E-state index in [0.717, 1.165) is 6.92 Å². The molecule has 1 atom stereocenters. The molecule has 5 nitrogen and oxygen atoms in total. The van der Waals surface area contributed by atoms with Gasteiger partial charge < -0.3 is 4.90 Å². The highest BCUT2D eigenvalue weighted by Crippen LogP contribution is 2.37. The topological polar surface area (TPSA) is 66.5 Å². The Morgan fingerprint density at radius 3 is 2.22 bits per heavy atom. The van der Waals surface area contributed by atoms with Gasteiger partial charge in [0.25, 0.3) is 0 Å². The lowest BCUT2D eigenvalue weighted by Gasteiger charge is -2.34. The van der Waals surface area contributed by atoms with E-state index in [9.17, 15) is 36.3 Å². The van der Waals surface area contributed by atoms with Gasteiger partial charge in [-0.2, -0.15) is 22.0 Å². The summed E-state index contributed by atoms with van der Waals surface area (Å²) in [5.74, 6) is -10.5. The minimum Gasteiger partial charge on any atom is -0.316 e. The SMILES string of the molecule is CC1C(=O)NC(=O)CN1C(=O)C(F)(F)C(F)(F)F. The van der Waals surface area contributed by atoms with Crippen LogP contribution in [0.15, 0.2) is 0 Å². The summed E-state index contributed by atoms with van der Waals surface area (Å²) < 4.78 is 61.5. The van der Waals surface area contributed by atoms with Crippen molar-refractivity contribution in [1.82, 2.24) is 10.2 Å². The van der Waals surface area contributed by atoms with E-state index in [1.54, 1.807) is 5.32 Å². The van der Waals surface area contributed by atoms with Crippen molar-refractivity contribution in [2.75, 3.05) is 6.54 Å². The van der Waals surface area contributed by atoms with Crippen LogP contribution in [0.5, 0.6) is 0 Å². The van der Waals surface area contributed by atoms with Gasteiger partial charge in [0, 0.05) is 0 Å². The third-order valence-electron chi connectivity index (χ3n) is 2.31. The van der Waals surface area contributed by atoms with Crippen LogP contribution in [0, 0.1) is 0 Å².